The maximum Gasteiger partial charge on any atom is 0.326 e. The van der Waals surface area contributed by atoms with Crippen molar-refractivity contribution < 1.29 is 34.2 Å². The van der Waals surface area contributed by atoms with E-state index in [2.05, 4.69) is 16.0 Å². The number of aliphatic hydroxyl groups excluding tert-OH is 1. The number of hydrogen-bond donors (Lipinski definition) is 7. The maximum absolute atomic E-state index is 12.7. The zero-order valence-electron chi connectivity index (χ0n) is 19.3. The molecule has 0 aliphatic heterocycles. The fourth-order valence-corrected chi connectivity index (χ4v) is 2.89. The molecule has 0 spiro atoms. The number of aliphatic hydroxyl groups is 1. The molecule has 32 heavy (non-hydrogen) atoms. The van der Waals surface area contributed by atoms with Crippen molar-refractivity contribution in [2.24, 2.45) is 23.3 Å². The van der Waals surface area contributed by atoms with E-state index < -0.39 is 72.2 Å². The molecule has 0 aliphatic rings. The van der Waals surface area contributed by atoms with Crippen molar-refractivity contribution in [1.82, 2.24) is 16.0 Å². The van der Waals surface area contributed by atoms with Crippen molar-refractivity contribution >= 4 is 29.6 Å². The second-order valence-corrected chi connectivity index (χ2v) is 8.40. The Bertz CT molecular complexity index is 683. The van der Waals surface area contributed by atoms with Gasteiger partial charge in [0.25, 0.3) is 0 Å². The summed E-state index contributed by atoms with van der Waals surface area (Å²) in [5, 5.41) is 26.2. The zero-order valence-corrected chi connectivity index (χ0v) is 19.3. The highest BCUT2D eigenvalue weighted by Gasteiger charge is 2.34. The lowest BCUT2D eigenvalue weighted by molar-refractivity contribution is -0.144. The Hall–Kier alpha value is -2.73. The summed E-state index contributed by atoms with van der Waals surface area (Å²) in [4.78, 5) is 60.5. The smallest absolute Gasteiger partial charge is 0.326 e. The van der Waals surface area contributed by atoms with Gasteiger partial charge in [-0.05, 0) is 25.2 Å². The van der Waals surface area contributed by atoms with Crippen LogP contribution in [0.15, 0.2) is 0 Å². The first-order chi connectivity index (χ1) is 14.7. The fraction of sp³-hybridized carbons (Fsp3) is 0.750. The zero-order chi connectivity index (χ0) is 25.2. The summed E-state index contributed by atoms with van der Waals surface area (Å²) in [6, 6.07) is -5.14. The number of primary amides is 1. The van der Waals surface area contributed by atoms with Gasteiger partial charge in [0, 0.05) is 0 Å². The summed E-state index contributed by atoms with van der Waals surface area (Å²) in [6.07, 6.45) is -1.17. The first-order valence-electron chi connectivity index (χ1n) is 10.6. The van der Waals surface area contributed by atoms with Crippen LogP contribution >= 0.6 is 0 Å². The van der Waals surface area contributed by atoms with E-state index in [-0.39, 0.29) is 5.92 Å². The number of carboxylic acids is 1. The van der Waals surface area contributed by atoms with Gasteiger partial charge < -0.3 is 37.6 Å². The largest absolute Gasteiger partial charge is 0.480 e. The molecular weight excluding hydrogens is 422 g/mol. The molecule has 0 aromatic heterocycles. The number of carboxylic acid groups (broad SMARTS) is 1. The molecule has 0 saturated heterocycles. The maximum atomic E-state index is 12.7. The highest BCUT2D eigenvalue weighted by molar-refractivity contribution is 5.96. The molecule has 0 aliphatic carbocycles. The number of nitrogens with two attached hydrogens (primary N) is 2. The van der Waals surface area contributed by atoms with E-state index in [1.54, 1.807) is 13.8 Å². The van der Waals surface area contributed by atoms with Gasteiger partial charge in [-0.2, -0.15) is 0 Å². The molecule has 4 amide bonds. The van der Waals surface area contributed by atoms with Crippen LogP contribution in [-0.4, -0.2) is 70.1 Å². The van der Waals surface area contributed by atoms with Crippen LogP contribution in [0.25, 0.3) is 0 Å². The first-order valence-corrected chi connectivity index (χ1v) is 10.6. The molecular formula is C20H37N5O7. The topological polar surface area (TPSA) is 214 Å². The van der Waals surface area contributed by atoms with Crippen LogP contribution < -0.4 is 27.4 Å². The van der Waals surface area contributed by atoms with Crippen LogP contribution in [0.3, 0.4) is 0 Å². The number of nitrogens with one attached hydrogen (secondary N) is 3. The van der Waals surface area contributed by atoms with Gasteiger partial charge in [0.05, 0.1) is 18.6 Å². The van der Waals surface area contributed by atoms with Gasteiger partial charge in [0.1, 0.15) is 18.1 Å². The second-order valence-electron chi connectivity index (χ2n) is 8.40. The van der Waals surface area contributed by atoms with Crippen molar-refractivity contribution in [2.45, 2.75) is 84.2 Å². The molecule has 0 aromatic rings. The molecule has 6 unspecified atom stereocenters. The van der Waals surface area contributed by atoms with Crippen LogP contribution in [0.1, 0.15) is 53.9 Å². The van der Waals surface area contributed by atoms with Gasteiger partial charge in [-0.3, -0.25) is 19.2 Å². The Morgan fingerprint density at radius 3 is 1.81 bits per heavy atom. The lowest BCUT2D eigenvalue weighted by atomic mass is 9.98. The summed E-state index contributed by atoms with van der Waals surface area (Å²) < 4.78 is 0. The molecule has 184 valence electrons. The van der Waals surface area contributed by atoms with Crippen LogP contribution in [0.5, 0.6) is 0 Å². The Morgan fingerprint density at radius 2 is 1.41 bits per heavy atom. The fourth-order valence-electron chi connectivity index (χ4n) is 2.89. The molecule has 6 atom stereocenters. The quantitative estimate of drug-likeness (QED) is 0.157. The van der Waals surface area contributed by atoms with E-state index in [1.807, 2.05) is 13.8 Å². The van der Waals surface area contributed by atoms with Gasteiger partial charge >= 0.3 is 5.97 Å². The van der Waals surface area contributed by atoms with Crippen molar-refractivity contribution in [3.05, 3.63) is 0 Å². The molecule has 12 nitrogen and oxygen atoms in total. The average molecular weight is 460 g/mol. The van der Waals surface area contributed by atoms with Gasteiger partial charge in [-0.25, -0.2) is 4.79 Å². The molecule has 0 aromatic carbocycles. The van der Waals surface area contributed by atoms with Crippen molar-refractivity contribution in [3.8, 4) is 0 Å². The molecule has 0 rings (SSSR count). The normalized spacial score (nSPS) is 16.8. The van der Waals surface area contributed by atoms with E-state index >= 15 is 0 Å². The van der Waals surface area contributed by atoms with E-state index in [9.17, 15) is 34.2 Å². The monoisotopic (exact) mass is 459 g/mol. The molecule has 12 heteroatoms. The van der Waals surface area contributed by atoms with E-state index in [1.165, 1.54) is 6.92 Å². The number of hydrogen-bond acceptors (Lipinski definition) is 7. The van der Waals surface area contributed by atoms with E-state index in [0.717, 1.165) is 0 Å². The third-order valence-corrected chi connectivity index (χ3v) is 4.94. The van der Waals surface area contributed by atoms with Crippen molar-refractivity contribution in [2.75, 3.05) is 0 Å². The van der Waals surface area contributed by atoms with E-state index in [0.29, 0.717) is 12.8 Å². The number of amides is 4. The number of rotatable bonds is 14. The highest BCUT2D eigenvalue weighted by atomic mass is 16.4. The minimum Gasteiger partial charge on any atom is -0.480 e. The minimum atomic E-state index is -1.54. The Morgan fingerprint density at radius 1 is 0.875 bits per heavy atom. The van der Waals surface area contributed by atoms with Crippen LogP contribution in [0.2, 0.25) is 0 Å². The third kappa shape index (κ3) is 10.1. The predicted octanol–water partition coefficient (Wildman–Crippen LogP) is -1.80. The molecule has 0 radical (unpaired) electrons. The van der Waals surface area contributed by atoms with Gasteiger partial charge in [-0.1, -0.05) is 34.1 Å². The summed E-state index contributed by atoms with van der Waals surface area (Å²) in [5.41, 5.74) is 11.0. The van der Waals surface area contributed by atoms with Crippen LogP contribution in [-0.2, 0) is 24.0 Å². The van der Waals surface area contributed by atoms with E-state index in [4.69, 9.17) is 11.5 Å². The third-order valence-electron chi connectivity index (χ3n) is 4.94. The summed E-state index contributed by atoms with van der Waals surface area (Å²) in [7, 11) is 0. The summed E-state index contributed by atoms with van der Waals surface area (Å²) in [5.74, 6) is -5.01. The first kappa shape index (κ1) is 29.3. The number of aliphatic carboxylic acids is 1. The predicted molar refractivity (Wildman–Crippen MR) is 116 cm³/mol. The lowest BCUT2D eigenvalue weighted by Crippen LogP contribution is -2.60. The Kier molecular flexibility index (Phi) is 12.5. The number of carbonyl (C=O) groups excluding carboxylic acids is 4. The van der Waals surface area contributed by atoms with Gasteiger partial charge in [0.15, 0.2) is 0 Å². The van der Waals surface area contributed by atoms with Crippen LogP contribution in [0.4, 0.5) is 0 Å². The second kappa shape index (κ2) is 13.6. The highest BCUT2D eigenvalue weighted by Crippen LogP contribution is 2.09. The van der Waals surface area contributed by atoms with Crippen molar-refractivity contribution in [3.63, 3.8) is 0 Å². The molecule has 9 N–H and O–H groups in total. The van der Waals surface area contributed by atoms with Gasteiger partial charge in [-0.15, -0.1) is 0 Å². The molecule has 0 bridgehead atoms. The molecule has 0 heterocycles. The average Bonchev–Trinajstić information content (AvgIpc) is 2.67. The van der Waals surface area contributed by atoms with Crippen molar-refractivity contribution in [1.29, 1.82) is 0 Å². The Labute approximate surface area is 187 Å². The number of carbonyl (C=O) groups is 5. The minimum absolute atomic E-state index is 0.107. The standard InChI is InChI=1S/C20H37N5O7/c1-6-10(4)15(20(31)32)24-19(30)16(11(5)26)25-18(29)13(8-14(22)27)23-17(28)12(21)7-9(2)3/h9-13,15-16,26H,6-8,21H2,1-5H3,(H2,22,27)(H,23,28)(H,24,30)(H,25,29)(H,31,32). The summed E-state index contributed by atoms with van der Waals surface area (Å²) >= 11 is 0. The van der Waals surface area contributed by atoms with Crippen LogP contribution in [0, 0.1) is 11.8 Å². The van der Waals surface area contributed by atoms with Gasteiger partial charge in [0.2, 0.25) is 23.6 Å². The molecule has 0 saturated carbocycles. The summed E-state index contributed by atoms with van der Waals surface area (Å²) in [6.45, 7) is 8.33. The molecule has 0 fully saturated rings. The SMILES string of the molecule is CCC(C)C(NC(=O)C(NC(=O)C(CC(N)=O)NC(=O)C(N)CC(C)C)C(C)O)C(=O)O. The Balaban J connectivity index is 5.48. The lowest BCUT2D eigenvalue weighted by Gasteiger charge is -2.27.